The predicted octanol–water partition coefficient (Wildman–Crippen LogP) is 5.74. The first-order chi connectivity index (χ1) is 13.0. The molecule has 0 radical (unpaired) electrons. The largest absolute Gasteiger partial charge is 0.508 e. The van der Waals surface area contributed by atoms with E-state index in [1.807, 2.05) is 12.1 Å². The molecule has 1 aromatic carbocycles. The highest BCUT2D eigenvalue weighted by molar-refractivity contribution is 9.09. The highest BCUT2D eigenvalue weighted by Gasteiger charge is 2.59. The van der Waals surface area contributed by atoms with Crippen LogP contribution >= 0.6 is 15.9 Å². The zero-order chi connectivity index (χ0) is 19.2. The molecule has 4 heteroatoms. The van der Waals surface area contributed by atoms with Gasteiger partial charge in [0.25, 0.3) is 0 Å². The summed E-state index contributed by atoms with van der Waals surface area (Å²) in [7, 11) is 0. The SMILES string of the molecule is C[C@]12CC(F)[C@@H]3c4ccc(O)cc4CC(CCCCCBr)[C@H]3[C@@H]1CCC2O. The molecule has 27 heavy (non-hydrogen) atoms. The summed E-state index contributed by atoms with van der Waals surface area (Å²) in [6.07, 6.45) is 6.67. The Morgan fingerprint density at radius 2 is 2.04 bits per heavy atom. The highest BCUT2D eigenvalue weighted by atomic mass is 79.9. The molecule has 150 valence electrons. The molecule has 0 aliphatic heterocycles. The van der Waals surface area contributed by atoms with Crippen LogP contribution in [-0.2, 0) is 6.42 Å². The molecule has 0 saturated heterocycles. The summed E-state index contributed by atoms with van der Waals surface area (Å²) in [6, 6.07) is 5.54. The molecule has 0 spiro atoms. The zero-order valence-corrected chi connectivity index (χ0v) is 17.8. The summed E-state index contributed by atoms with van der Waals surface area (Å²) in [5, 5.41) is 21.7. The second-order valence-corrected chi connectivity index (χ2v) is 10.2. The van der Waals surface area contributed by atoms with Gasteiger partial charge in [0.05, 0.1) is 6.10 Å². The van der Waals surface area contributed by atoms with Gasteiger partial charge in [0, 0.05) is 11.2 Å². The van der Waals surface area contributed by atoms with Gasteiger partial charge in [0.15, 0.2) is 0 Å². The number of phenolic OH excluding ortho intramolecular Hbond substituents is 1. The van der Waals surface area contributed by atoms with Crippen molar-refractivity contribution in [3.8, 4) is 5.75 Å². The Labute approximate surface area is 170 Å². The summed E-state index contributed by atoms with van der Waals surface area (Å²) in [5.41, 5.74) is 1.99. The average molecular weight is 439 g/mol. The monoisotopic (exact) mass is 438 g/mol. The van der Waals surface area contributed by atoms with E-state index in [-0.39, 0.29) is 23.2 Å². The minimum Gasteiger partial charge on any atom is -0.508 e. The number of unbranched alkanes of at least 4 members (excludes halogenated alkanes) is 2. The number of aromatic hydroxyl groups is 1. The molecule has 3 aliphatic carbocycles. The predicted molar refractivity (Wildman–Crippen MR) is 110 cm³/mol. The third kappa shape index (κ3) is 3.35. The fourth-order valence-corrected chi connectivity index (χ4v) is 7.11. The minimum absolute atomic E-state index is 0.0705. The molecule has 0 amide bonds. The van der Waals surface area contributed by atoms with Gasteiger partial charge in [-0.1, -0.05) is 41.8 Å². The van der Waals surface area contributed by atoms with Crippen molar-refractivity contribution in [3.63, 3.8) is 0 Å². The Morgan fingerprint density at radius 3 is 2.81 bits per heavy atom. The first-order valence-electron chi connectivity index (χ1n) is 10.7. The second kappa shape index (κ2) is 7.67. The lowest BCUT2D eigenvalue weighted by molar-refractivity contribution is -0.0722. The number of alkyl halides is 2. The fraction of sp³-hybridized carbons (Fsp3) is 0.739. The number of hydrogen-bond donors (Lipinski definition) is 2. The maximum Gasteiger partial charge on any atom is 0.115 e. The van der Waals surface area contributed by atoms with Crippen LogP contribution in [0.4, 0.5) is 4.39 Å². The van der Waals surface area contributed by atoms with Crippen LogP contribution in [0.15, 0.2) is 18.2 Å². The average Bonchev–Trinajstić information content (AvgIpc) is 2.92. The second-order valence-electron chi connectivity index (χ2n) is 9.41. The molecule has 1 aromatic rings. The number of aliphatic hydroxyl groups excluding tert-OH is 1. The van der Waals surface area contributed by atoms with Crippen LogP contribution in [0.1, 0.15) is 68.9 Å². The van der Waals surface area contributed by atoms with Gasteiger partial charge in [-0.2, -0.15) is 0 Å². The van der Waals surface area contributed by atoms with E-state index in [4.69, 9.17) is 0 Å². The number of benzene rings is 1. The van der Waals surface area contributed by atoms with Crippen molar-refractivity contribution < 1.29 is 14.6 Å². The Balaban J connectivity index is 1.69. The van der Waals surface area contributed by atoms with E-state index < -0.39 is 6.17 Å². The van der Waals surface area contributed by atoms with Crippen molar-refractivity contribution >= 4 is 15.9 Å². The van der Waals surface area contributed by atoms with Crippen LogP contribution in [-0.4, -0.2) is 27.8 Å². The summed E-state index contributed by atoms with van der Waals surface area (Å²) in [5.74, 6) is 1.40. The Morgan fingerprint density at radius 1 is 1.22 bits per heavy atom. The lowest BCUT2D eigenvalue weighted by Crippen LogP contribution is -2.51. The number of halogens is 2. The van der Waals surface area contributed by atoms with E-state index >= 15 is 4.39 Å². The van der Waals surface area contributed by atoms with E-state index in [0.29, 0.717) is 24.2 Å². The smallest absolute Gasteiger partial charge is 0.115 e. The molecular weight excluding hydrogens is 407 g/mol. The Kier molecular flexibility index (Phi) is 5.59. The van der Waals surface area contributed by atoms with E-state index in [0.717, 1.165) is 42.1 Å². The molecular formula is C23H32BrFO2. The van der Waals surface area contributed by atoms with E-state index in [9.17, 15) is 10.2 Å². The van der Waals surface area contributed by atoms with Crippen molar-refractivity contribution in [2.75, 3.05) is 5.33 Å². The summed E-state index contributed by atoms with van der Waals surface area (Å²) < 4.78 is 15.6. The summed E-state index contributed by atoms with van der Waals surface area (Å²) in [4.78, 5) is 0. The molecule has 2 N–H and O–H groups in total. The van der Waals surface area contributed by atoms with Crippen molar-refractivity contribution in [2.24, 2.45) is 23.2 Å². The van der Waals surface area contributed by atoms with Crippen LogP contribution in [0.25, 0.3) is 0 Å². The van der Waals surface area contributed by atoms with Gasteiger partial charge in [0.2, 0.25) is 0 Å². The maximum absolute atomic E-state index is 15.6. The van der Waals surface area contributed by atoms with E-state index in [1.165, 1.54) is 19.3 Å². The Bertz CT molecular complexity index is 680. The molecule has 4 rings (SSSR count). The molecule has 2 nitrogen and oxygen atoms in total. The lowest BCUT2D eigenvalue weighted by atomic mass is 9.51. The standard InChI is InChI=1S/C23H32BrFO2/c1-23-13-19(25)22-17-7-6-16(26)12-15(17)11-14(5-3-2-4-10-24)21(22)18(23)8-9-20(23)27/h6-7,12,14,18-22,26-27H,2-5,8-11,13H2,1H3/t14?,18-,19?,20?,21-,22-,23-/m0/s1. The van der Waals surface area contributed by atoms with Gasteiger partial charge in [-0.3, -0.25) is 0 Å². The van der Waals surface area contributed by atoms with Crippen LogP contribution in [0.5, 0.6) is 5.75 Å². The molecule has 0 aromatic heterocycles. The molecule has 7 atom stereocenters. The molecule has 2 saturated carbocycles. The first-order valence-corrected chi connectivity index (χ1v) is 11.8. The van der Waals surface area contributed by atoms with Gasteiger partial charge in [-0.15, -0.1) is 0 Å². The third-order valence-electron chi connectivity index (χ3n) is 7.98. The first kappa shape index (κ1) is 19.7. The number of hydrogen-bond acceptors (Lipinski definition) is 2. The summed E-state index contributed by atoms with van der Waals surface area (Å²) in [6.45, 7) is 2.13. The van der Waals surface area contributed by atoms with Crippen LogP contribution in [0, 0.1) is 23.2 Å². The number of fused-ring (bicyclic) bond motifs is 5. The Hall–Kier alpha value is -0.610. The van der Waals surface area contributed by atoms with E-state index in [1.54, 1.807) is 6.07 Å². The van der Waals surface area contributed by atoms with Gasteiger partial charge in [-0.05, 0) is 85.0 Å². The minimum atomic E-state index is -0.905. The third-order valence-corrected chi connectivity index (χ3v) is 8.54. The highest BCUT2D eigenvalue weighted by Crippen LogP contribution is 2.63. The van der Waals surface area contributed by atoms with Crippen molar-refractivity contribution in [1.29, 1.82) is 0 Å². The lowest BCUT2D eigenvalue weighted by Gasteiger charge is -2.54. The van der Waals surface area contributed by atoms with Crippen LogP contribution < -0.4 is 0 Å². The molecule has 0 bridgehead atoms. The molecule has 2 fully saturated rings. The maximum atomic E-state index is 15.6. The number of rotatable bonds is 5. The molecule has 0 heterocycles. The normalized spacial score (nSPS) is 40.3. The molecule has 3 aliphatic rings. The summed E-state index contributed by atoms with van der Waals surface area (Å²) >= 11 is 3.51. The zero-order valence-electron chi connectivity index (χ0n) is 16.2. The van der Waals surface area contributed by atoms with Crippen LogP contribution in [0.2, 0.25) is 0 Å². The number of aliphatic hydroxyl groups is 1. The van der Waals surface area contributed by atoms with Gasteiger partial charge >= 0.3 is 0 Å². The van der Waals surface area contributed by atoms with Gasteiger partial charge in [0.1, 0.15) is 11.9 Å². The quantitative estimate of drug-likeness (QED) is 0.454. The molecule has 3 unspecified atom stereocenters. The topological polar surface area (TPSA) is 40.5 Å². The van der Waals surface area contributed by atoms with Crippen molar-refractivity contribution in [2.45, 2.75) is 76.5 Å². The fourth-order valence-electron chi connectivity index (χ4n) is 6.71. The van der Waals surface area contributed by atoms with Crippen molar-refractivity contribution in [3.05, 3.63) is 29.3 Å². The van der Waals surface area contributed by atoms with Crippen molar-refractivity contribution in [1.82, 2.24) is 0 Å². The van der Waals surface area contributed by atoms with Crippen LogP contribution in [0.3, 0.4) is 0 Å². The van der Waals surface area contributed by atoms with Gasteiger partial charge in [-0.25, -0.2) is 4.39 Å². The van der Waals surface area contributed by atoms with E-state index in [2.05, 4.69) is 22.9 Å². The number of phenols is 1. The van der Waals surface area contributed by atoms with Gasteiger partial charge < -0.3 is 10.2 Å².